The van der Waals surface area contributed by atoms with E-state index in [-0.39, 0.29) is 12.4 Å². The normalized spacial score (nSPS) is 33.4. The second kappa shape index (κ2) is 6.06. The van der Waals surface area contributed by atoms with Crippen LogP contribution in [0.4, 0.5) is 5.82 Å². The van der Waals surface area contributed by atoms with Crippen molar-refractivity contribution in [2.24, 2.45) is 0 Å². The van der Waals surface area contributed by atoms with Gasteiger partial charge in [0, 0.05) is 6.66 Å². The summed E-state index contributed by atoms with van der Waals surface area (Å²) in [7, 11) is -3.22. The highest BCUT2D eigenvalue weighted by molar-refractivity contribution is 7.53. The number of nitrogen functional groups attached to an aromatic ring is 1. The number of nitrogens with zero attached hydrogens (tertiary/aromatic N) is 4. The van der Waals surface area contributed by atoms with Gasteiger partial charge < -0.3 is 20.1 Å². The summed E-state index contributed by atoms with van der Waals surface area (Å²) in [6.45, 7) is 1.45. The topological polar surface area (TPSA) is 135 Å². The highest BCUT2D eigenvalue weighted by Crippen LogP contribution is 2.53. The molecule has 27 heavy (non-hydrogen) atoms. The summed E-state index contributed by atoms with van der Waals surface area (Å²) in [6.07, 6.45) is -1.92. The lowest BCUT2D eigenvalue weighted by molar-refractivity contribution is -0.0572. The van der Waals surface area contributed by atoms with E-state index >= 15 is 0 Å². The Kier molecular flexibility index (Phi) is 3.87. The molecule has 3 aromatic heterocycles. The molecule has 0 bridgehead atoms. The van der Waals surface area contributed by atoms with E-state index < -0.39 is 32.1 Å². The van der Waals surface area contributed by atoms with Gasteiger partial charge in [0.05, 0.1) is 11.5 Å². The van der Waals surface area contributed by atoms with E-state index in [0.29, 0.717) is 17.0 Å². The van der Waals surface area contributed by atoms with Crippen LogP contribution >= 0.6 is 18.9 Å². The van der Waals surface area contributed by atoms with Gasteiger partial charge in [0.15, 0.2) is 29.0 Å². The number of imidazole rings is 1. The zero-order chi connectivity index (χ0) is 18.8. The van der Waals surface area contributed by atoms with Crippen molar-refractivity contribution in [3.05, 3.63) is 23.8 Å². The summed E-state index contributed by atoms with van der Waals surface area (Å²) < 4.78 is 30.6. The molecule has 2 aliphatic heterocycles. The van der Waals surface area contributed by atoms with Crippen LogP contribution in [-0.2, 0) is 18.3 Å². The largest absolute Gasteiger partial charge is 0.386 e. The monoisotopic (exact) mass is 409 g/mol. The fourth-order valence-corrected chi connectivity index (χ4v) is 5.30. The Balaban J connectivity index is 1.66. The number of anilines is 1. The molecule has 12 heteroatoms. The van der Waals surface area contributed by atoms with E-state index in [2.05, 4.69) is 15.0 Å². The van der Waals surface area contributed by atoms with Gasteiger partial charge in [-0.05, 0) is 11.4 Å². The maximum atomic E-state index is 12.2. The lowest BCUT2D eigenvalue weighted by Crippen LogP contribution is -2.39. The molecule has 0 amide bonds. The van der Waals surface area contributed by atoms with Crippen molar-refractivity contribution in [2.75, 3.05) is 19.0 Å². The summed E-state index contributed by atoms with van der Waals surface area (Å²) in [6, 6.07) is 3.80. The SMILES string of the molecule is CP1(=O)OCC2OC(n3c(-c4cccs4)nc4c(N)ncnc43)[C@@H](O)[C@H]2O1. The number of aromatic nitrogens is 4. The van der Waals surface area contributed by atoms with Crippen molar-refractivity contribution in [2.45, 2.75) is 24.5 Å². The Hall–Kier alpha value is -1.88. The Morgan fingerprint density at radius 1 is 1.44 bits per heavy atom. The average Bonchev–Trinajstić information content (AvgIpc) is 3.33. The van der Waals surface area contributed by atoms with Gasteiger partial charge >= 0.3 is 7.60 Å². The van der Waals surface area contributed by atoms with Crippen molar-refractivity contribution < 1.29 is 23.5 Å². The standard InChI is InChI=1S/C15H16N5O5PS/c1-26(22)23-5-7-11(25-26)10(21)15(24-7)20-13(8-3-2-4-27-8)19-9-12(16)17-6-18-14(9)20/h2-4,6-7,10-11,15,21H,5H2,1H3,(H2,16,17,18)/t7?,10-,11-,15?,26?/m0/s1. The molecule has 5 heterocycles. The van der Waals surface area contributed by atoms with E-state index in [1.807, 2.05) is 17.5 Å². The van der Waals surface area contributed by atoms with E-state index in [0.717, 1.165) is 4.88 Å². The Morgan fingerprint density at radius 2 is 2.30 bits per heavy atom. The summed E-state index contributed by atoms with van der Waals surface area (Å²) in [5, 5.41) is 12.8. The smallest absolute Gasteiger partial charge is 0.328 e. The Labute approximate surface area is 157 Å². The van der Waals surface area contributed by atoms with Crippen LogP contribution in [0, 0.1) is 0 Å². The van der Waals surface area contributed by atoms with Crippen LogP contribution in [0.15, 0.2) is 23.8 Å². The van der Waals surface area contributed by atoms with Gasteiger partial charge in [-0.1, -0.05) is 6.07 Å². The Bertz CT molecular complexity index is 1060. The van der Waals surface area contributed by atoms with Crippen LogP contribution in [-0.4, -0.2) is 56.2 Å². The number of aliphatic hydroxyl groups excluding tert-OH is 1. The quantitative estimate of drug-likeness (QED) is 0.606. The molecule has 0 aromatic carbocycles. The maximum absolute atomic E-state index is 12.2. The predicted molar refractivity (Wildman–Crippen MR) is 97.3 cm³/mol. The lowest BCUT2D eigenvalue weighted by Gasteiger charge is -2.29. The third-order valence-corrected chi connectivity index (χ3v) is 6.71. The van der Waals surface area contributed by atoms with Gasteiger partial charge in [-0.15, -0.1) is 11.3 Å². The predicted octanol–water partition coefficient (Wildman–Crippen LogP) is 1.63. The molecular formula is C15H16N5O5PS. The molecule has 2 saturated heterocycles. The van der Waals surface area contributed by atoms with Gasteiger partial charge in [-0.3, -0.25) is 13.7 Å². The first-order chi connectivity index (χ1) is 12.9. The number of hydrogen-bond donors (Lipinski definition) is 2. The molecule has 2 fully saturated rings. The lowest BCUT2D eigenvalue weighted by atomic mass is 10.1. The van der Waals surface area contributed by atoms with E-state index in [4.69, 9.17) is 19.5 Å². The molecule has 0 spiro atoms. The highest BCUT2D eigenvalue weighted by atomic mass is 32.1. The maximum Gasteiger partial charge on any atom is 0.328 e. The second-order valence-corrected chi connectivity index (χ2v) is 9.37. The molecule has 3 aromatic rings. The number of fused-ring (bicyclic) bond motifs is 2. The van der Waals surface area contributed by atoms with E-state index in [1.54, 1.807) is 4.57 Å². The first-order valence-corrected chi connectivity index (χ1v) is 11.1. The molecule has 0 radical (unpaired) electrons. The zero-order valence-electron chi connectivity index (χ0n) is 14.1. The van der Waals surface area contributed by atoms with Gasteiger partial charge in [0.2, 0.25) is 0 Å². The first kappa shape index (κ1) is 17.2. The van der Waals surface area contributed by atoms with Crippen molar-refractivity contribution in [1.82, 2.24) is 19.5 Å². The number of rotatable bonds is 2. The minimum absolute atomic E-state index is 0.0735. The molecule has 10 nitrogen and oxygen atoms in total. The second-order valence-electron chi connectivity index (χ2n) is 6.41. The number of ether oxygens (including phenoxy) is 1. The molecule has 0 saturated carbocycles. The van der Waals surface area contributed by atoms with Gasteiger partial charge in [-0.2, -0.15) is 0 Å². The Morgan fingerprint density at radius 3 is 3.07 bits per heavy atom. The summed E-state index contributed by atoms with van der Waals surface area (Å²) in [5.74, 6) is 0.787. The molecular weight excluding hydrogens is 393 g/mol. The number of thiophene rings is 1. The highest BCUT2D eigenvalue weighted by Gasteiger charge is 2.52. The average molecular weight is 409 g/mol. The molecule has 142 valence electrons. The van der Waals surface area contributed by atoms with E-state index in [9.17, 15) is 9.67 Å². The molecule has 3 unspecified atom stereocenters. The minimum atomic E-state index is -3.22. The number of nitrogens with two attached hydrogens (primary N) is 1. The van der Waals surface area contributed by atoms with Gasteiger partial charge in [0.25, 0.3) is 0 Å². The molecule has 5 atom stereocenters. The summed E-state index contributed by atoms with van der Waals surface area (Å²) in [5.41, 5.74) is 6.83. The zero-order valence-corrected chi connectivity index (χ0v) is 15.8. The molecule has 0 aliphatic carbocycles. The van der Waals surface area contributed by atoms with Crippen molar-refractivity contribution in [3.63, 3.8) is 0 Å². The van der Waals surface area contributed by atoms with Crippen LogP contribution in [0.5, 0.6) is 0 Å². The minimum Gasteiger partial charge on any atom is -0.386 e. The van der Waals surface area contributed by atoms with Crippen molar-refractivity contribution in [3.8, 4) is 10.7 Å². The molecule has 5 rings (SSSR count). The third-order valence-electron chi connectivity index (χ3n) is 4.60. The van der Waals surface area contributed by atoms with Crippen LogP contribution in [0.25, 0.3) is 21.9 Å². The van der Waals surface area contributed by atoms with Crippen molar-refractivity contribution in [1.29, 1.82) is 0 Å². The van der Waals surface area contributed by atoms with Gasteiger partial charge in [0.1, 0.15) is 24.6 Å². The fourth-order valence-electron chi connectivity index (χ4n) is 3.40. The summed E-state index contributed by atoms with van der Waals surface area (Å²) in [4.78, 5) is 13.7. The van der Waals surface area contributed by atoms with Crippen LogP contribution in [0.2, 0.25) is 0 Å². The summed E-state index contributed by atoms with van der Waals surface area (Å²) >= 11 is 1.49. The third kappa shape index (κ3) is 2.70. The molecule has 3 N–H and O–H groups in total. The van der Waals surface area contributed by atoms with Crippen molar-refractivity contribution >= 4 is 35.9 Å². The van der Waals surface area contributed by atoms with E-state index in [1.165, 1.54) is 24.3 Å². The van der Waals surface area contributed by atoms with Crippen LogP contribution in [0.1, 0.15) is 6.23 Å². The van der Waals surface area contributed by atoms with Gasteiger partial charge in [-0.25, -0.2) is 15.0 Å². The number of hydrogen-bond acceptors (Lipinski definition) is 10. The van der Waals surface area contributed by atoms with Crippen LogP contribution < -0.4 is 5.73 Å². The van der Waals surface area contributed by atoms with Crippen LogP contribution in [0.3, 0.4) is 0 Å². The first-order valence-electron chi connectivity index (χ1n) is 8.21. The fraction of sp³-hybridized carbons (Fsp3) is 0.400. The number of aliphatic hydroxyl groups is 1. The molecule has 2 aliphatic rings.